The minimum absolute atomic E-state index is 0.0654. The standard InChI is InChI=1S/C19H19F2NO3S2/c1-13(23)14-3-2-4-16(11-14)27(24,25)22-8-7-19(26-10-9-22)17-12-15(20)5-6-18(17)21/h2-6,11-12,19H,7-10H2,1H3. The van der Waals surface area contributed by atoms with Crippen molar-refractivity contribution in [1.29, 1.82) is 0 Å². The SMILES string of the molecule is CC(=O)c1cccc(S(=O)(=O)N2CCSC(c3cc(F)ccc3F)CC2)c1. The van der Waals surface area contributed by atoms with Crippen molar-refractivity contribution in [2.45, 2.75) is 23.5 Å². The molecular weight excluding hydrogens is 392 g/mol. The highest BCUT2D eigenvalue weighted by Gasteiger charge is 2.29. The highest BCUT2D eigenvalue weighted by atomic mass is 32.2. The number of thioether (sulfide) groups is 1. The Bertz CT molecular complexity index is 963. The molecule has 1 aliphatic rings. The average Bonchev–Trinajstić information content (AvgIpc) is 2.90. The second kappa shape index (κ2) is 8.08. The molecule has 1 fully saturated rings. The van der Waals surface area contributed by atoms with Gasteiger partial charge in [0.25, 0.3) is 0 Å². The van der Waals surface area contributed by atoms with E-state index in [2.05, 4.69) is 0 Å². The summed E-state index contributed by atoms with van der Waals surface area (Å²) in [6.45, 7) is 1.84. The van der Waals surface area contributed by atoms with Crippen molar-refractivity contribution < 1.29 is 22.0 Å². The second-order valence-electron chi connectivity index (χ2n) is 6.30. The maximum Gasteiger partial charge on any atom is 0.243 e. The lowest BCUT2D eigenvalue weighted by Crippen LogP contribution is -2.33. The predicted molar refractivity (Wildman–Crippen MR) is 101 cm³/mol. The number of rotatable bonds is 4. The zero-order valence-corrected chi connectivity index (χ0v) is 16.3. The van der Waals surface area contributed by atoms with E-state index in [4.69, 9.17) is 0 Å². The molecule has 8 heteroatoms. The largest absolute Gasteiger partial charge is 0.295 e. The quantitative estimate of drug-likeness (QED) is 0.713. The highest BCUT2D eigenvalue weighted by molar-refractivity contribution is 7.99. The molecule has 0 bridgehead atoms. The van der Waals surface area contributed by atoms with E-state index >= 15 is 0 Å². The molecule has 2 aromatic rings. The van der Waals surface area contributed by atoms with E-state index in [1.807, 2.05) is 0 Å². The van der Waals surface area contributed by atoms with E-state index in [9.17, 15) is 22.0 Å². The Balaban J connectivity index is 1.82. The Kier molecular flexibility index (Phi) is 5.98. The van der Waals surface area contributed by atoms with Crippen molar-refractivity contribution in [2.24, 2.45) is 0 Å². The van der Waals surface area contributed by atoms with Crippen LogP contribution in [0.5, 0.6) is 0 Å². The molecule has 0 spiro atoms. The summed E-state index contributed by atoms with van der Waals surface area (Å²) in [7, 11) is -3.77. The third-order valence-corrected chi connectivity index (χ3v) is 7.69. The summed E-state index contributed by atoms with van der Waals surface area (Å²) in [5.74, 6) is -0.743. The maximum atomic E-state index is 14.1. The van der Waals surface area contributed by atoms with Crippen LogP contribution in [-0.4, -0.2) is 37.3 Å². The summed E-state index contributed by atoms with van der Waals surface area (Å²) in [6, 6.07) is 9.29. The molecule has 27 heavy (non-hydrogen) atoms. The van der Waals surface area contributed by atoms with Gasteiger partial charge in [-0.25, -0.2) is 17.2 Å². The molecule has 144 valence electrons. The molecule has 0 aliphatic carbocycles. The zero-order valence-electron chi connectivity index (χ0n) is 14.7. The lowest BCUT2D eigenvalue weighted by atomic mass is 10.1. The van der Waals surface area contributed by atoms with Gasteiger partial charge in [0, 0.05) is 35.2 Å². The Labute approximate surface area is 161 Å². The minimum atomic E-state index is -3.77. The smallest absolute Gasteiger partial charge is 0.243 e. The van der Waals surface area contributed by atoms with E-state index in [-0.39, 0.29) is 34.6 Å². The summed E-state index contributed by atoms with van der Waals surface area (Å²) in [6.07, 6.45) is 0.372. The van der Waals surface area contributed by atoms with E-state index in [0.717, 1.165) is 12.1 Å². The van der Waals surface area contributed by atoms with Crippen molar-refractivity contribution in [3.63, 3.8) is 0 Å². The maximum absolute atomic E-state index is 14.1. The molecule has 0 radical (unpaired) electrons. The lowest BCUT2D eigenvalue weighted by Gasteiger charge is -2.20. The van der Waals surface area contributed by atoms with Crippen LogP contribution in [-0.2, 0) is 10.0 Å². The second-order valence-corrected chi connectivity index (χ2v) is 9.55. The number of Topliss-reactive ketones (excluding diaryl/α,β-unsaturated/α-hetero) is 1. The number of ketones is 1. The Morgan fingerprint density at radius 1 is 1.15 bits per heavy atom. The summed E-state index contributed by atoms with van der Waals surface area (Å²) in [4.78, 5) is 11.6. The van der Waals surface area contributed by atoms with Gasteiger partial charge in [0.05, 0.1) is 4.90 Å². The number of halogens is 2. The number of sulfonamides is 1. The zero-order chi connectivity index (χ0) is 19.6. The number of nitrogens with zero attached hydrogens (tertiary/aromatic N) is 1. The molecule has 0 N–H and O–H groups in total. The van der Waals surface area contributed by atoms with Gasteiger partial charge in [-0.05, 0) is 43.7 Å². The first-order valence-electron chi connectivity index (χ1n) is 8.47. The Hall–Kier alpha value is -1.77. The highest BCUT2D eigenvalue weighted by Crippen LogP contribution is 2.37. The summed E-state index contributed by atoms with van der Waals surface area (Å²) >= 11 is 1.42. The molecule has 0 amide bonds. The van der Waals surface area contributed by atoms with E-state index in [0.29, 0.717) is 17.7 Å². The fourth-order valence-electron chi connectivity index (χ4n) is 3.02. The van der Waals surface area contributed by atoms with Crippen molar-refractivity contribution in [3.05, 3.63) is 65.2 Å². The third kappa shape index (κ3) is 4.39. The summed E-state index contributed by atoms with van der Waals surface area (Å²) < 4.78 is 54.8. The number of carbonyl (C=O) groups excluding carboxylic acids is 1. The van der Waals surface area contributed by atoms with Crippen LogP contribution in [0.25, 0.3) is 0 Å². The number of benzene rings is 2. The van der Waals surface area contributed by atoms with Gasteiger partial charge in [-0.1, -0.05) is 12.1 Å². The van der Waals surface area contributed by atoms with Crippen molar-refractivity contribution in [1.82, 2.24) is 4.31 Å². The monoisotopic (exact) mass is 411 g/mol. The topological polar surface area (TPSA) is 54.5 Å². The van der Waals surface area contributed by atoms with Crippen molar-refractivity contribution in [2.75, 3.05) is 18.8 Å². The average molecular weight is 411 g/mol. The van der Waals surface area contributed by atoms with Crippen LogP contribution in [0.4, 0.5) is 8.78 Å². The van der Waals surface area contributed by atoms with Crippen LogP contribution in [0.1, 0.15) is 34.5 Å². The third-order valence-electron chi connectivity index (χ3n) is 4.48. The summed E-state index contributed by atoms with van der Waals surface area (Å²) in [5, 5.41) is -0.315. The van der Waals surface area contributed by atoms with Crippen LogP contribution in [0.15, 0.2) is 47.4 Å². The predicted octanol–water partition coefficient (Wildman–Crippen LogP) is 4.04. The Morgan fingerprint density at radius 3 is 2.67 bits per heavy atom. The molecule has 1 heterocycles. The normalized spacial score (nSPS) is 18.9. The molecular formula is C19H19F2NO3S2. The molecule has 1 saturated heterocycles. The van der Waals surface area contributed by atoms with Gasteiger partial charge in [-0.15, -0.1) is 0 Å². The van der Waals surface area contributed by atoms with Gasteiger partial charge in [0.1, 0.15) is 11.6 Å². The molecule has 3 rings (SSSR count). The van der Waals surface area contributed by atoms with Crippen molar-refractivity contribution >= 4 is 27.6 Å². The van der Waals surface area contributed by atoms with Crippen LogP contribution in [0.3, 0.4) is 0 Å². The van der Waals surface area contributed by atoms with Gasteiger partial charge in [0.15, 0.2) is 5.78 Å². The van der Waals surface area contributed by atoms with Gasteiger partial charge in [0.2, 0.25) is 10.0 Å². The van der Waals surface area contributed by atoms with Crippen molar-refractivity contribution in [3.8, 4) is 0 Å². The van der Waals surface area contributed by atoms with E-state index in [1.165, 1.54) is 41.2 Å². The Morgan fingerprint density at radius 2 is 1.93 bits per heavy atom. The molecule has 1 atom stereocenters. The molecule has 4 nitrogen and oxygen atoms in total. The lowest BCUT2D eigenvalue weighted by molar-refractivity contribution is 0.101. The summed E-state index contributed by atoms with van der Waals surface area (Å²) in [5.41, 5.74) is 0.595. The molecule has 2 aromatic carbocycles. The van der Waals surface area contributed by atoms with Gasteiger partial charge in [-0.2, -0.15) is 16.1 Å². The van der Waals surface area contributed by atoms with E-state index in [1.54, 1.807) is 12.1 Å². The number of carbonyl (C=O) groups is 1. The van der Waals surface area contributed by atoms with Crippen LogP contribution >= 0.6 is 11.8 Å². The fraction of sp³-hybridized carbons (Fsp3) is 0.316. The van der Waals surface area contributed by atoms with E-state index < -0.39 is 21.7 Å². The van der Waals surface area contributed by atoms with Crippen LogP contribution in [0, 0.1) is 11.6 Å². The van der Waals surface area contributed by atoms with Crippen LogP contribution < -0.4 is 0 Å². The van der Waals surface area contributed by atoms with Gasteiger partial charge < -0.3 is 0 Å². The molecule has 0 saturated carbocycles. The fourth-order valence-corrected chi connectivity index (χ4v) is 5.88. The first kappa shape index (κ1) is 20.0. The van der Waals surface area contributed by atoms with Gasteiger partial charge in [-0.3, -0.25) is 4.79 Å². The molecule has 0 aromatic heterocycles. The van der Waals surface area contributed by atoms with Gasteiger partial charge >= 0.3 is 0 Å². The molecule has 1 aliphatic heterocycles. The van der Waals surface area contributed by atoms with Crippen LogP contribution in [0.2, 0.25) is 0 Å². The minimum Gasteiger partial charge on any atom is -0.295 e. The first-order valence-corrected chi connectivity index (χ1v) is 11.0. The number of hydrogen-bond acceptors (Lipinski definition) is 4. The molecule has 1 unspecified atom stereocenters. The first-order chi connectivity index (χ1) is 12.8. The number of hydrogen-bond donors (Lipinski definition) is 0.